The van der Waals surface area contributed by atoms with Crippen LogP contribution in [-0.4, -0.2) is 50.3 Å². The number of hydrogen-bond donors (Lipinski definition) is 0. The van der Waals surface area contributed by atoms with Crippen molar-refractivity contribution < 1.29 is 9.59 Å². The second kappa shape index (κ2) is 6.49. The summed E-state index contributed by atoms with van der Waals surface area (Å²) in [4.78, 5) is 29.1. The molecule has 2 aromatic rings. The summed E-state index contributed by atoms with van der Waals surface area (Å²) in [7, 11) is 0. The zero-order chi connectivity index (χ0) is 17.4. The maximum atomic E-state index is 12.4. The fourth-order valence-electron chi connectivity index (χ4n) is 3.90. The van der Waals surface area contributed by atoms with Gasteiger partial charge in [-0.05, 0) is 58.6 Å². The molecule has 0 unspecified atom stereocenters. The molecule has 2 amide bonds. The molecule has 1 aliphatic carbocycles. The fraction of sp³-hybridized carbons (Fsp3) is 0.529. The highest BCUT2D eigenvalue weighted by Gasteiger charge is 2.58. The lowest BCUT2D eigenvalue weighted by Gasteiger charge is -2.34. The zero-order valence-electron chi connectivity index (χ0n) is 14.1. The molecular formula is C17H20N4O2S2. The zero-order valence-corrected chi connectivity index (χ0v) is 15.7. The van der Waals surface area contributed by atoms with Crippen molar-refractivity contribution in [3.05, 3.63) is 33.5 Å². The molecule has 1 aliphatic heterocycles. The van der Waals surface area contributed by atoms with Gasteiger partial charge in [0, 0.05) is 32.6 Å². The molecule has 6 nitrogen and oxygen atoms in total. The first kappa shape index (κ1) is 16.7. The molecule has 0 radical (unpaired) electrons. The van der Waals surface area contributed by atoms with Crippen molar-refractivity contribution in [2.75, 3.05) is 13.1 Å². The highest BCUT2D eigenvalue weighted by Crippen LogP contribution is 2.57. The highest BCUT2D eigenvalue weighted by molar-refractivity contribution is 7.08. The summed E-state index contributed by atoms with van der Waals surface area (Å²) < 4.78 is 3.77. The van der Waals surface area contributed by atoms with E-state index < -0.39 is 0 Å². The van der Waals surface area contributed by atoms with Crippen molar-refractivity contribution in [3.63, 3.8) is 0 Å². The smallest absolute Gasteiger partial charge is 0.267 e. The van der Waals surface area contributed by atoms with Gasteiger partial charge in [-0.3, -0.25) is 9.59 Å². The third kappa shape index (κ3) is 3.20. The first-order chi connectivity index (χ1) is 12.1. The van der Waals surface area contributed by atoms with E-state index in [4.69, 9.17) is 0 Å². The van der Waals surface area contributed by atoms with Crippen LogP contribution < -0.4 is 0 Å². The number of hydrogen-bond acceptors (Lipinski definition) is 6. The number of nitrogens with zero attached hydrogens (tertiary/aromatic N) is 4. The van der Waals surface area contributed by atoms with Gasteiger partial charge in [-0.15, -0.1) is 5.10 Å². The highest BCUT2D eigenvalue weighted by atomic mass is 32.1. The van der Waals surface area contributed by atoms with Crippen molar-refractivity contribution in [1.82, 2.24) is 19.4 Å². The number of likely N-dealkylation sites (tertiary alicyclic amines) is 1. The number of rotatable bonds is 4. The number of aromatic nitrogens is 2. The van der Waals surface area contributed by atoms with Crippen LogP contribution in [0.15, 0.2) is 23.0 Å². The minimum atomic E-state index is 0.0312. The van der Waals surface area contributed by atoms with Gasteiger partial charge in [0.15, 0.2) is 0 Å². The normalized spacial score (nSPS) is 21.3. The standard InChI is InChI=1S/C17H20N4O2S2/c1-12(22)21(10-13-2-7-24-11-13)15-8-17(15)3-5-20(6-4-17)16(23)14-9-18-19-25-14/h2,7,9,11,15H,3-6,8,10H2,1H3/t15-/m0/s1. The number of carbonyl (C=O) groups is 2. The average Bonchev–Trinajstić information content (AvgIpc) is 3.07. The molecule has 4 rings (SSSR count). The van der Waals surface area contributed by atoms with E-state index in [1.54, 1.807) is 18.3 Å². The molecule has 1 saturated heterocycles. The molecule has 0 aromatic carbocycles. The predicted molar refractivity (Wildman–Crippen MR) is 96.4 cm³/mol. The van der Waals surface area contributed by atoms with E-state index in [0.29, 0.717) is 17.5 Å². The summed E-state index contributed by atoms with van der Waals surface area (Å²) in [5.41, 5.74) is 1.40. The van der Waals surface area contributed by atoms with Gasteiger partial charge in [0.2, 0.25) is 5.91 Å². The largest absolute Gasteiger partial charge is 0.338 e. The third-order valence-electron chi connectivity index (χ3n) is 5.48. The van der Waals surface area contributed by atoms with Gasteiger partial charge in [-0.2, -0.15) is 11.3 Å². The first-order valence-electron chi connectivity index (χ1n) is 8.44. The Labute approximate surface area is 154 Å². The molecular weight excluding hydrogens is 356 g/mol. The molecule has 1 saturated carbocycles. The van der Waals surface area contributed by atoms with Gasteiger partial charge in [-0.25, -0.2) is 0 Å². The summed E-state index contributed by atoms with van der Waals surface area (Å²) in [6.07, 6.45) is 4.52. The second-order valence-corrected chi connectivity index (χ2v) is 8.50. The van der Waals surface area contributed by atoms with Crippen molar-refractivity contribution >= 4 is 34.7 Å². The van der Waals surface area contributed by atoms with E-state index in [1.807, 2.05) is 9.80 Å². The number of piperidine rings is 1. The quantitative estimate of drug-likeness (QED) is 0.823. The number of amides is 2. The Morgan fingerprint density at radius 3 is 2.80 bits per heavy atom. The molecule has 1 spiro atoms. The van der Waals surface area contributed by atoms with Crippen LogP contribution in [0.5, 0.6) is 0 Å². The van der Waals surface area contributed by atoms with Crippen molar-refractivity contribution in [2.45, 2.75) is 38.8 Å². The summed E-state index contributed by atoms with van der Waals surface area (Å²) in [5.74, 6) is 0.172. The molecule has 1 atom stereocenters. The molecule has 0 N–H and O–H groups in total. The summed E-state index contributed by atoms with van der Waals surface area (Å²) in [6, 6.07) is 2.40. The molecule has 2 fully saturated rings. The van der Waals surface area contributed by atoms with Crippen LogP contribution in [-0.2, 0) is 11.3 Å². The first-order valence-corrected chi connectivity index (χ1v) is 10.2. The minimum absolute atomic E-state index is 0.0312. The van der Waals surface area contributed by atoms with Gasteiger partial charge in [0.25, 0.3) is 5.91 Å². The maximum Gasteiger partial charge on any atom is 0.267 e. The summed E-state index contributed by atoms with van der Waals surface area (Å²) >= 11 is 2.81. The van der Waals surface area contributed by atoms with Gasteiger partial charge in [0.05, 0.1) is 6.20 Å². The Morgan fingerprint density at radius 1 is 1.40 bits per heavy atom. The molecule has 3 heterocycles. The maximum absolute atomic E-state index is 12.4. The van der Waals surface area contributed by atoms with Gasteiger partial charge < -0.3 is 9.80 Å². The Bertz CT molecular complexity index is 752. The fourth-order valence-corrected chi connectivity index (χ4v) is 5.04. The third-order valence-corrected chi connectivity index (χ3v) is 6.86. The van der Waals surface area contributed by atoms with E-state index in [0.717, 1.165) is 43.9 Å². The summed E-state index contributed by atoms with van der Waals surface area (Å²) in [6.45, 7) is 3.85. The Morgan fingerprint density at radius 2 is 2.20 bits per heavy atom. The topological polar surface area (TPSA) is 66.4 Å². The van der Waals surface area contributed by atoms with Crippen molar-refractivity contribution in [1.29, 1.82) is 0 Å². The average molecular weight is 377 g/mol. The van der Waals surface area contributed by atoms with Crippen molar-refractivity contribution in [3.8, 4) is 0 Å². The lowest BCUT2D eigenvalue weighted by atomic mass is 9.92. The molecule has 132 valence electrons. The monoisotopic (exact) mass is 376 g/mol. The number of thiophene rings is 1. The molecule has 2 aliphatic rings. The molecule has 0 bridgehead atoms. The van der Waals surface area contributed by atoms with Crippen LogP contribution in [0.3, 0.4) is 0 Å². The molecule has 25 heavy (non-hydrogen) atoms. The Kier molecular flexibility index (Phi) is 4.33. The molecule has 2 aromatic heterocycles. The van der Waals surface area contributed by atoms with Crippen LogP contribution in [0.1, 0.15) is 41.4 Å². The van der Waals surface area contributed by atoms with Crippen LogP contribution in [0.4, 0.5) is 0 Å². The van der Waals surface area contributed by atoms with E-state index >= 15 is 0 Å². The Hall–Kier alpha value is -1.80. The van der Waals surface area contributed by atoms with Gasteiger partial charge >= 0.3 is 0 Å². The van der Waals surface area contributed by atoms with E-state index in [-0.39, 0.29) is 17.2 Å². The predicted octanol–water partition coefficient (Wildman–Crippen LogP) is 2.64. The SMILES string of the molecule is CC(=O)N(Cc1ccsc1)[C@H]1CC12CCN(C(=O)c1cnns1)CC2. The van der Waals surface area contributed by atoms with E-state index in [2.05, 4.69) is 26.4 Å². The van der Waals surface area contributed by atoms with Gasteiger partial charge in [-0.1, -0.05) is 4.49 Å². The van der Waals surface area contributed by atoms with E-state index in [9.17, 15) is 9.59 Å². The lowest BCUT2D eigenvalue weighted by Crippen LogP contribution is -2.42. The minimum Gasteiger partial charge on any atom is -0.338 e. The molecule has 8 heteroatoms. The van der Waals surface area contributed by atoms with E-state index in [1.165, 1.54) is 11.8 Å². The van der Waals surface area contributed by atoms with Crippen LogP contribution in [0, 0.1) is 5.41 Å². The summed E-state index contributed by atoms with van der Waals surface area (Å²) in [5, 5.41) is 7.90. The second-order valence-electron chi connectivity index (χ2n) is 6.93. The van der Waals surface area contributed by atoms with Crippen LogP contribution in [0.25, 0.3) is 0 Å². The Balaban J connectivity index is 1.38. The number of carbonyl (C=O) groups excluding carboxylic acids is 2. The van der Waals surface area contributed by atoms with Crippen molar-refractivity contribution in [2.24, 2.45) is 5.41 Å². The lowest BCUT2D eigenvalue weighted by molar-refractivity contribution is -0.130. The van der Waals surface area contributed by atoms with Crippen LogP contribution >= 0.6 is 22.9 Å². The van der Waals surface area contributed by atoms with Gasteiger partial charge in [0.1, 0.15) is 4.88 Å². The van der Waals surface area contributed by atoms with Crippen LogP contribution in [0.2, 0.25) is 0 Å².